The minimum Gasteiger partial charge on any atom is -0.406 e. The number of ether oxygens (including phenoxy) is 1. The van der Waals surface area contributed by atoms with Gasteiger partial charge in [-0.3, -0.25) is 14.8 Å². The number of nitrogens with zero attached hydrogens (tertiary/aromatic N) is 4. The number of aryl methyl sites for hydroxylation is 2. The molecule has 0 saturated carbocycles. The molecule has 2 aliphatic rings. The molecule has 2 saturated heterocycles. The summed E-state index contributed by atoms with van der Waals surface area (Å²) in [7, 11) is 0. The molecular formula is C26H35F3N4O. The number of alkyl halides is 3. The fourth-order valence-electron chi connectivity index (χ4n) is 5.41. The second kappa shape index (κ2) is 10.5. The van der Waals surface area contributed by atoms with Gasteiger partial charge < -0.3 is 9.64 Å². The van der Waals surface area contributed by atoms with Crippen molar-refractivity contribution in [1.82, 2.24) is 14.8 Å². The van der Waals surface area contributed by atoms with Crippen LogP contribution in [0.1, 0.15) is 43.1 Å². The van der Waals surface area contributed by atoms with Gasteiger partial charge in [0.25, 0.3) is 0 Å². The second-order valence-electron chi connectivity index (χ2n) is 9.50. The Labute approximate surface area is 200 Å². The zero-order valence-corrected chi connectivity index (χ0v) is 20.3. The molecule has 0 radical (unpaired) electrons. The standard InChI is InChI=1S/C26H35F3N4O/c1-4-22-18-32(25-10-5-19(2)30-20(25)3)15-16-33(22)23-11-13-31(14-12-23)17-21-6-8-24(9-7-21)34-26(27,28)29/h5-10,22-23H,4,11-18H2,1-3H3/t22-/m0/s1. The zero-order valence-electron chi connectivity index (χ0n) is 20.3. The Kier molecular flexibility index (Phi) is 7.67. The maximum atomic E-state index is 12.4. The summed E-state index contributed by atoms with van der Waals surface area (Å²) in [6.07, 6.45) is -1.28. The fourth-order valence-corrected chi connectivity index (χ4v) is 5.41. The van der Waals surface area contributed by atoms with Gasteiger partial charge in [0.15, 0.2) is 0 Å². The third-order valence-electron chi connectivity index (χ3n) is 7.13. The summed E-state index contributed by atoms with van der Waals surface area (Å²) >= 11 is 0. The molecule has 2 fully saturated rings. The van der Waals surface area contributed by atoms with E-state index in [0.717, 1.165) is 75.5 Å². The molecule has 34 heavy (non-hydrogen) atoms. The highest BCUT2D eigenvalue weighted by Gasteiger charge is 2.34. The Hall–Kier alpha value is -2.32. The van der Waals surface area contributed by atoms with Crippen LogP contribution in [0.2, 0.25) is 0 Å². The van der Waals surface area contributed by atoms with E-state index < -0.39 is 6.36 Å². The smallest absolute Gasteiger partial charge is 0.406 e. The highest BCUT2D eigenvalue weighted by molar-refractivity contribution is 5.51. The van der Waals surface area contributed by atoms with E-state index in [1.165, 1.54) is 17.8 Å². The highest BCUT2D eigenvalue weighted by atomic mass is 19.4. The molecule has 1 aromatic carbocycles. The lowest BCUT2D eigenvalue weighted by Gasteiger charge is -2.48. The Bertz CT molecular complexity index is 942. The summed E-state index contributed by atoms with van der Waals surface area (Å²) in [5.41, 5.74) is 4.43. The van der Waals surface area contributed by atoms with Crippen molar-refractivity contribution in [3.8, 4) is 5.75 Å². The summed E-state index contributed by atoms with van der Waals surface area (Å²) in [6, 6.07) is 11.7. The lowest BCUT2D eigenvalue weighted by atomic mass is 9.97. The molecule has 8 heteroatoms. The molecule has 0 spiro atoms. The summed E-state index contributed by atoms with van der Waals surface area (Å²) in [5, 5.41) is 0. The SMILES string of the molecule is CC[C@H]1CN(c2ccc(C)nc2C)CCN1C1CCN(Cc2ccc(OC(F)(F)F)cc2)CC1. The monoisotopic (exact) mass is 476 g/mol. The highest BCUT2D eigenvalue weighted by Crippen LogP contribution is 2.28. The number of anilines is 1. The van der Waals surface area contributed by atoms with Gasteiger partial charge >= 0.3 is 6.36 Å². The van der Waals surface area contributed by atoms with Crippen LogP contribution in [0.5, 0.6) is 5.75 Å². The summed E-state index contributed by atoms with van der Waals surface area (Å²) in [5.74, 6) is -0.170. The number of likely N-dealkylation sites (tertiary alicyclic amines) is 1. The van der Waals surface area contributed by atoms with Gasteiger partial charge in [0.05, 0.1) is 11.4 Å². The van der Waals surface area contributed by atoms with Crippen molar-refractivity contribution in [3.05, 3.63) is 53.3 Å². The van der Waals surface area contributed by atoms with Crippen LogP contribution in [0.15, 0.2) is 36.4 Å². The minimum absolute atomic E-state index is 0.170. The molecular weight excluding hydrogens is 441 g/mol. The van der Waals surface area contributed by atoms with Crippen LogP contribution in [0, 0.1) is 13.8 Å². The van der Waals surface area contributed by atoms with Crippen molar-refractivity contribution in [2.75, 3.05) is 37.6 Å². The topological polar surface area (TPSA) is 31.8 Å². The normalized spacial score (nSPS) is 21.1. The Balaban J connectivity index is 1.29. The predicted octanol–water partition coefficient (Wildman–Crippen LogP) is 5.16. The molecule has 0 bridgehead atoms. The number of pyridine rings is 1. The molecule has 1 atom stereocenters. The van der Waals surface area contributed by atoms with E-state index in [-0.39, 0.29) is 5.75 Å². The van der Waals surface area contributed by atoms with Gasteiger partial charge in [-0.1, -0.05) is 19.1 Å². The summed E-state index contributed by atoms with van der Waals surface area (Å²) in [6.45, 7) is 12.3. The lowest BCUT2D eigenvalue weighted by molar-refractivity contribution is -0.274. The summed E-state index contributed by atoms with van der Waals surface area (Å²) < 4.78 is 41.0. The zero-order chi connectivity index (χ0) is 24.3. The van der Waals surface area contributed by atoms with Crippen LogP contribution in [0.25, 0.3) is 0 Å². The molecule has 0 amide bonds. The average Bonchev–Trinajstić information content (AvgIpc) is 2.80. The van der Waals surface area contributed by atoms with E-state index in [9.17, 15) is 13.2 Å². The molecule has 3 heterocycles. The molecule has 186 valence electrons. The van der Waals surface area contributed by atoms with Crippen LogP contribution < -0.4 is 9.64 Å². The maximum Gasteiger partial charge on any atom is 0.573 e. The lowest BCUT2D eigenvalue weighted by Crippen LogP contribution is -2.58. The minimum atomic E-state index is -4.65. The average molecular weight is 477 g/mol. The van der Waals surface area contributed by atoms with E-state index in [2.05, 4.69) is 50.4 Å². The Morgan fingerprint density at radius 3 is 2.29 bits per heavy atom. The van der Waals surface area contributed by atoms with Crippen molar-refractivity contribution in [3.63, 3.8) is 0 Å². The van der Waals surface area contributed by atoms with E-state index in [1.807, 2.05) is 6.92 Å². The first-order valence-corrected chi connectivity index (χ1v) is 12.2. The largest absolute Gasteiger partial charge is 0.573 e. The number of hydrogen-bond acceptors (Lipinski definition) is 5. The van der Waals surface area contributed by atoms with Crippen LogP contribution in [0.4, 0.5) is 18.9 Å². The van der Waals surface area contributed by atoms with E-state index in [0.29, 0.717) is 12.1 Å². The van der Waals surface area contributed by atoms with E-state index in [4.69, 9.17) is 0 Å². The maximum absolute atomic E-state index is 12.4. The predicted molar refractivity (Wildman–Crippen MR) is 128 cm³/mol. The van der Waals surface area contributed by atoms with E-state index in [1.54, 1.807) is 12.1 Å². The van der Waals surface area contributed by atoms with Gasteiger partial charge in [0.1, 0.15) is 5.75 Å². The fraction of sp³-hybridized carbons (Fsp3) is 0.577. The number of halogens is 3. The molecule has 5 nitrogen and oxygen atoms in total. The van der Waals surface area contributed by atoms with Crippen LogP contribution in [0.3, 0.4) is 0 Å². The first-order valence-electron chi connectivity index (χ1n) is 12.2. The number of piperidine rings is 1. The molecule has 1 aromatic heterocycles. The first-order chi connectivity index (χ1) is 16.2. The number of benzene rings is 1. The molecule has 0 N–H and O–H groups in total. The van der Waals surface area contributed by atoms with Gasteiger partial charge in [-0.05, 0) is 76.0 Å². The Morgan fingerprint density at radius 1 is 0.971 bits per heavy atom. The van der Waals surface area contributed by atoms with Gasteiger partial charge in [0.2, 0.25) is 0 Å². The van der Waals surface area contributed by atoms with Crippen molar-refractivity contribution < 1.29 is 17.9 Å². The number of aromatic nitrogens is 1. The third-order valence-corrected chi connectivity index (χ3v) is 7.13. The van der Waals surface area contributed by atoms with Gasteiger partial charge in [0, 0.05) is 44.0 Å². The van der Waals surface area contributed by atoms with Gasteiger partial charge in [-0.2, -0.15) is 0 Å². The summed E-state index contributed by atoms with van der Waals surface area (Å²) in [4.78, 5) is 12.3. The van der Waals surface area contributed by atoms with Crippen molar-refractivity contribution in [2.45, 2.75) is 65.0 Å². The number of hydrogen-bond donors (Lipinski definition) is 0. The van der Waals surface area contributed by atoms with Crippen molar-refractivity contribution in [1.29, 1.82) is 0 Å². The molecule has 4 rings (SSSR count). The van der Waals surface area contributed by atoms with Gasteiger partial charge in [-0.25, -0.2) is 0 Å². The van der Waals surface area contributed by atoms with Crippen LogP contribution in [-0.2, 0) is 6.54 Å². The first kappa shape index (κ1) is 24.8. The number of rotatable bonds is 6. The second-order valence-corrected chi connectivity index (χ2v) is 9.50. The van der Waals surface area contributed by atoms with Crippen molar-refractivity contribution in [2.24, 2.45) is 0 Å². The van der Waals surface area contributed by atoms with Crippen LogP contribution >= 0.6 is 0 Å². The molecule has 2 aliphatic heterocycles. The molecule has 2 aromatic rings. The quantitative estimate of drug-likeness (QED) is 0.575. The van der Waals surface area contributed by atoms with Crippen LogP contribution in [-0.4, -0.2) is 66.0 Å². The third kappa shape index (κ3) is 6.21. The number of piperazine rings is 1. The molecule has 0 aliphatic carbocycles. The Morgan fingerprint density at radius 2 is 1.68 bits per heavy atom. The van der Waals surface area contributed by atoms with E-state index >= 15 is 0 Å². The van der Waals surface area contributed by atoms with Gasteiger partial charge in [-0.15, -0.1) is 13.2 Å². The van der Waals surface area contributed by atoms with Crippen molar-refractivity contribution >= 4 is 5.69 Å². The molecule has 0 unspecified atom stereocenters.